The number of hydrogen-bond donors (Lipinski definition) is 0. The standard InChI is InChI=1S/C26H47B/c1-12-16-25(17-13-2,20-22(5,6)7)23(8,9)21-26(18-14-3,19-15-4)24(10,11)27/h12-19H,20-21,27H2,1-11H3. The summed E-state index contributed by atoms with van der Waals surface area (Å²) in [5.41, 5.74) is 0.383. The van der Waals surface area contributed by atoms with Crippen molar-refractivity contribution < 1.29 is 0 Å². The fraction of sp³-hybridized carbons (Fsp3) is 0.692. The van der Waals surface area contributed by atoms with E-state index in [1.54, 1.807) is 0 Å². The van der Waals surface area contributed by atoms with Gasteiger partial charge in [0.05, 0.1) is 0 Å². The summed E-state index contributed by atoms with van der Waals surface area (Å²) in [6, 6.07) is 0. The van der Waals surface area contributed by atoms with Crippen LogP contribution in [-0.4, -0.2) is 7.85 Å². The Morgan fingerprint density at radius 3 is 1.15 bits per heavy atom. The first kappa shape index (κ1) is 26.0. The molecule has 154 valence electrons. The lowest BCUT2D eigenvalue weighted by atomic mass is 9.46. The summed E-state index contributed by atoms with van der Waals surface area (Å²) in [5.74, 6) is 0. The van der Waals surface area contributed by atoms with E-state index in [0.717, 1.165) is 12.8 Å². The van der Waals surface area contributed by atoms with Crippen molar-refractivity contribution >= 4 is 7.85 Å². The normalized spacial score (nSPS) is 19.4. The Morgan fingerprint density at radius 2 is 0.889 bits per heavy atom. The summed E-state index contributed by atoms with van der Waals surface area (Å²) in [6.07, 6.45) is 21.0. The second kappa shape index (κ2) is 9.48. The molecule has 0 aromatic heterocycles. The molecule has 0 fully saturated rings. The maximum atomic E-state index is 2.46. The largest absolute Gasteiger partial charge is 0.110 e. The quantitative estimate of drug-likeness (QED) is 0.285. The molecule has 27 heavy (non-hydrogen) atoms. The summed E-state index contributed by atoms with van der Waals surface area (Å²) in [5, 5.41) is 0.141. The van der Waals surface area contributed by atoms with Gasteiger partial charge in [-0.15, -0.1) is 0 Å². The molecule has 0 aromatic carbocycles. The van der Waals surface area contributed by atoms with Gasteiger partial charge in [-0.1, -0.05) is 102 Å². The minimum Gasteiger partial charge on any atom is -0.0908 e. The first-order chi connectivity index (χ1) is 12.2. The number of hydrogen-bond acceptors (Lipinski definition) is 0. The molecule has 0 heterocycles. The second-order valence-corrected chi connectivity index (χ2v) is 11.1. The first-order valence-corrected chi connectivity index (χ1v) is 10.7. The Labute approximate surface area is 172 Å². The number of allylic oxidation sites excluding steroid dienone is 8. The lowest BCUT2D eigenvalue weighted by Crippen LogP contribution is -2.44. The third-order valence-corrected chi connectivity index (χ3v) is 6.07. The molecule has 0 aliphatic rings. The summed E-state index contributed by atoms with van der Waals surface area (Å²) in [4.78, 5) is 0. The maximum Gasteiger partial charge on any atom is 0.110 e. The molecule has 0 aromatic rings. The van der Waals surface area contributed by atoms with Crippen molar-refractivity contribution in [2.24, 2.45) is 21.7 Å². The molecule has 0 rings (SSSR count). The molecule has 0 aliphatic heterocycles. The monoisotopic (exact) mass is 370 g/mol. The predicted molar refractivity (Wildman–Crippen MR) is 129 cm³/mol. The Morgan fingerprint density at radius 1 is 0.556 bits per heavy atom. The number of rotatable bonds is 9. The zero-order chi connectivity index (χ0) is 21.6. The molecule has 0 aliphatic carbocycles. The summed E-state index contributed by atoms with van der Waals surface area (Å²) in [7, 11) is 2.37. The van der Waals surface area contributed by atoms with Gasteiger partial charge in [0.2, 0.25) is 0 Å². The van der Waals surface area contributed by atoms with Crippen molar-refractivity contribution in [2.45, 2.75) is 94.3 Å². The highest BCUT2D eigenvalue weighted by Crippen LogP contribution is 2.59. The molecule has 0 N–H and O–H groups in total. The van der Waals surface area contributed by atoms with E-state index in [1.807, 2.05) is 0 Å². The average Bonchev–Trinajstić information content (AvgIpc) is 2.44. The van der Waals surface area contributed by atoms with Crippen molar-refractivity contribution in [1.82, 2.24) is 0 Å². The van der Waals surface area contributed by atoms with Gasteiger partial charge in [-0.2, -0.15) is 0 Å². The predicted octanol–water partition coefficient (Wildman–Crippen LogP) is 7.95. The lowest BCUT2D eigenvalue weighted by Gasteiger charge is -2.53. The highest BCUT2D eigenvalue weighted by atomic mass is 14.5. The second-order valence-electron chi connectivity index (χ2n) is 11.1. The van der Waals surface area contributed by atoms with Crippen LogP contribution in [0.5, 0.6) is 0 Å². The summed E-state index contributed by atoms with van der Waals surface area (Å²) >= 11 is 0. The minimum atomic E-state index is 0.0201. The molecule has 0 amide bonds. The van der Waals surface area contributed by atoms with Crippen LogP contribution in [0.2, 0.25) is 5.31 Å². The van der Waals surface area contributed by atoms with Crippen LogP contribution < -0.4 is 0 Å². The van der Waals surface area contributed by atoms with Gasteiger partial charge in [0.15, 0.2) is 0 Å². The molecule has 0 spiro atoms. The van der Waals surface area contributed by atoms with Crippen LogP contribution in [-0.2, 0) is 0 Å². The van der Waals surface area contributed by atoms with Crippen LogP contribution in [0.1, 0.15) is 89.0 Å². The summed E-state index contributed by atoms with van der Waals surface area (Å²) in [6.45, 7) is 25.4. The fourth-order valence-corrected chi connectivity index (χ4v) is 4.77. The smallest absolute Gasteiger partial charge is 0.0908 e. The van der Waals surface area contributed by atoms with Crippen molar-refractivity contribution in [3.05, 3.63) is 48.6 Å². The Kier molecular flexibility index (Phi) is 9.14. The van der Waals surface area contributed by atoms with Crippen molar-refractivity contribution in [2.75, 3.05) is 0 Å². The SMILES string of the molecule is BC(C)(C)C(C=CC)(C=CC)CC(C)(C)C(C=CC)(C=CC)CC(C)(C)C. The van der Waals surface area contributed by atoms with E-state index in [0.29, 0.717) is 0 Å². The van der Waals surface area contributed by atoms with Crippen LogP contribution in [0.3, 0.4) is 0 Å². The molecule has 1 heteroatoms. The van der Waals surface area contributed by atoms with E-state index in [-0.39, 0.29) is 27.0 Å². The van der Waals surface area contributed by atoms with E-state index >= 15 is 0 Å². The Balaban J connectivity index is 6.63. The van der Waals surface area contributed by atoms with Crippen molar-refractivity contribution in [1.29, 1.82) is 0 Å². The summed E-state index contributed by atoms with van der Waals surface area (Å²) < 4.78 is 0. The van der Waals surface area contributed by atoms with Gasteiger partial charge in [-0.05, 0) is 51.4 Å². The van der Waals surface area contributed by atoms with E-state index < -0.39 is 0 Å². The molecule has 0 atom stereocenters. The van der Waals surface area contributed by atoms with E-state index in [2.05, 4.69) is 133 Å². The molecular weight excluding hydrogens is 323 g/mol. The lowest BCUT2D eigenvalue weighted by molar-refractivity contribution is 0.0700. The fourth-order valence-electron chi connectivity index (χ4n) is 4.77. The van der Waals surface area contributed by atoms with Crippen molar-refractivity contribution in [3.8, 4) is 0 Å². The first-order valence-electron chi connectivity index (χ1n) is 10.7. The van der Waals surface area contributed by atoms with Crippen molar-refractivity contribution in [3.63, 3.8) is 0 Å². The topological polar surface area (TPSA) is 0 Å². The third kappa shape index (κ3) is 6.54. The van der Waals surface area contributed by atoms with Gasteiger partial charge < -0.3 is 0 Å². The van der Waals surface area contributed by atoms with Crippen LogP contribution >= 0.6 is 0 Å². The molecule has 0 nitrogen and oxygen atoms in total. The zero-order valence-corrected chi connectivity index (χ0v) is 20.5. The molecule has 0 radical (unpaired) electrons. The molecular formula is C26H47B. The van der Waals surface area contributed by atoms with Crippen LogP contribution in [0, 0.1) is 21.7 Å². The van der Waals surface area contributed by atoms with Gasteiger partial charge in [0.25, 0.3) is 0 Å². The minimum absolute atomic E-state index is 0.0201. The van der Waals surface area contributed by atoms with Crippen LogP contribution in [0.4, 0.5) is 0 Å². The van der Waals surface area contributed by atoms with Gasteiger partial charge in [0, 0.05) is 10.8 Å². The van der Waals surface area contributed by atoms with E-state index in [1.165, 1.54) is 0 Å². The highest BCUT2D eigenvalue weighted by molar-refractivity contribution is 6.15. The molecule has 0 saturated heterocycles. The average molecular weight is 370 g/mol. The molecule has 0 unspecified atom stereocenters. The van der Waals surface area contributed by atoms with E-state index in [9.17, 15) is 0 Å². The zero-order valence-electron chi connectivity index (χ0n) is 20.5. The molecule has 0 bridgehead atoms. The Hall–Kier alpha value is -0.975. The van der Waals surface area contributed by atoms with E-state index in [4.69, 9.17) is 0 Å². The third-order valence-electron chi connectivity index (χ3n) is 6.07. The van der Waals surface area contributed by atoms with Gasteiger partial charge >= 0.3 is 0 Å². The molecule has 0 saturated carbocycles. The van der Waals surface area contributed by atoms with Gasteiger partial charge in [-0.25, -0.2) is 0 Å². The van der Waals surface area contributed by atoms with Gasteiger partial charge in [0.1, 0.15) is 7.85 Å². The maximum absolute atomic E-state index is 2.46. The highest BCUT2D eigenvalue weighted by Gasteiger charge is 2.49. The van der Waals surface area contributed by atoms with Crippen LogP contribution in [0.15, 0.2) is 48.6 Å². The Bertz CT molecular complexity index is 532. The van der Waals surface area contributed by atoms with Crippen LogP contribution in [0.25, 0.3) is 0 Å². The van der Waals surface area contributed by atoms with Gasteiger partial charge in [-0.3, -0.25) is 0 Å².